The van der Waals surface area contributed by atoms with Gasteiger partial charge < -0.3 is 4.42 Å². The van der Waals surface area contributed by atoms with Crippen LogP contribution >= 0.6 is 0 Å². The summed E-state index contributed by atoms with van der Waals surface area (Å²) in [4.78, 5) is 12.7. The zero-order valence-electron chi connectivity index (χ0n) is 12.6. The van der Waals surface area contributed by atoms with Crippen molar-refractivity contribution in [3.05, 3.63) is 70.2 Å². The van der Waals surface area contributed by atoms with Gasteiger partial charge in [0.2, 0.25) is 0 Å². The first-order chi connectivity index (χ1) is 10.1. The van der Waals surface area contributed by atoms with Crippen LogP contribution in [0.5, 0.6) is 0 Å². The monoisotopic (exact) mass is 278 g/mol. The Morgan fingerprint density at radius 1 is 1.14 bits per heavy atom. The summed E-state index contributed by atoms with van der Waals surface area (Å²) < 4.78 is 5.05. The highest BCUT2D eigenvalue weighted by atomic mass is 16.3. The van der Waals surface area contributed by atoms with Crippen LogP contribution in [0.2, 0.25) is 0 Å². The summed E-state index contributed by atoms with van der Waals surface area (Å²) >= 11 is 0. The van der Waals surface area contributed by atoms with Gasteiger partial charge in [-0.05, 0) is 56.0 Å². The molecular formula is C19H18O2. The van der Waals surface area contributed by atoms with Gasteiger partial charge in [0.15, 0.2) is 5.78 Å². The molecule has 2 aromatic rings. The number of carbonyl (C=O) groups is 1. The predicted octanol–water partition coefficient (Wildman–Crippen LogP) is 4.64. The Morgan fingerprint density at radius 2 is 1.86 bits per heavy atom. The Bertz CT molecular complexity index is 736. The van der Waals surface area contributed by atoms with Gasteiger partial charge in [-0.1, -0.05) is 23.8 Å². The van der Waals surface area contributed by atoms with Crippen LogP contribution in [0.3, 0.4) is 0 Å². The minimum Gasteiger partial charge on any atom is -0.472 e. The maximum atomic E-state index is 12.7. The van der Waals surface area contributed by atoms with Crippen LogP contribution in [0.4, 0.5) is 0 Å². The van der Waals surface area contributed by atoms with Gasteiger partial charge >= 0.3 is 0 Å². The lowest BCUT2D eigenvalue weighted by Gasteiger charge is -2.11. The van der Waals surface area contributed by atoms with Crippen molar-refractivity contribution in [3.8, 4) is 0 Å². The van der Waals surface area contributed by atoms with Crippen molar-refractivity contribution in [2.75, 3.05) is 0 Å². The molecule has 1 aromatic heterocycles. The van der Waals surface area contributed by atoms with E-state index in [1.165, 1.54) is 5.56 Å². The number of rotatable bonds is 2. The molecule has 0 saturated carbocycles. The number of allylic oxidation sites excluding steroid dienone is 3. The fraction of sp³-hybridized carbons (Fsp3) is 0.211. The smallest absolute Gasteiger partial charge is 0.189 e. The molecule has 0 radical (unpaired) electrons. The number of aryl methyl sites for hydroxylation is 3. The van der Waals surface area contributed by atoms with Gasteiger partial charge in [-0.2, -0.15) is 0 Å². The first-order valence-corrected chi connectivity index (χ1v) is 7.12. The van der Waals surface area contributed by atoms with E-state index >= 15 is 0 Å². The molecule has 0 amide bonds. The second kappa shape index (κ2) is 5.21. The lowest BCUT2D eigenvalue weighted by Crippen LogP contribution is -2.03. The second-order valence-corrected chi connectivity index (χ2v) is 5.65. The second-order valence-electron chi connectivity index (χ2n) is 5.65. The van der Waals surface area contributed by atoms with Crippen LogP contribution in [0.15, 0.2) is 46.8 Å². The molecule has 0 saturated heterocycles. The number of Topliss-reactive ketones (excluding diaryl/α,β-unsaturated/α-hetero) is 1. The van der Waals surface area contributed by atoms with E-state index in [1.54, 1.807) is 12.5 Å². The van der Waals surface area contributed by atoms with E-state index in [-0.39, 0.29) is 5.78 Å². The van der Waals surface area contributed by atoms with E-state index < -0.39 is 0 Å². The van der Waals surface area contributed by atoms with E-state index in [4.69, 9.17) is 4.42 Å². The quantitative estimate of drug-likeness (QED) is 0.749. The maximum absolute atomic E-state index is 12.7. The summed E-state index contributed by atoms with van der Waals surface area (Å²) in [6.45, 7) is 6.22. The zero-order valence-corrected chi connectivity index (χ0v) is 12.6. The average Bonchev–Trinajstić information content (AvgIpc) is 3.02. The first-order valence-electron chi connectivity index (χ1n) is 7.12. The lowest BCUT2D eigenvalue weighted by atomic mass is 9.92. The van der Waals surface area contributed by atoms with Crippen LogP contribution in [-0.4, -0.2) is 5.78 Å². The summed E-state index contributed by atoms with van der Waals surface area (Å²) in [7, 11) is 0. The van der Waals surface area contributed by atoms with Crippen LogP contribution in [0.1, 0.15) is 34.2 Å². The highest BCUT2D eigenvalue weighted by Gasteiger charge is 2.24. The number of hydrogen-bond donors (Lipinski definition) is 0. The molecule has 0 atom stereocenters. The lowest BCUT2D eigenvalue weighted by molar-refractivity contribution is -0.110. The molecule has 0 aliphatic heterocycles. The van der Waals surface area contributed by atoms with Crippen LogP contribution in [-0.2, 0) is 4.79 Å². The Hall–Kier alpha value is -2.35. The number of hydrogen-bond acceptors (Lipinski definition) is 2. The highest BCUT2D eigenvalue weighted by Crippen LogP contribution is 2.33. The van der Waals surface area contributed by atoms with Crippen molar-refractivity contribution in [1.82, 2.24) is 0 Å². The number of ketones is 1. The van der Waals surface area contributed by atoms with E-state index in [2.05, 4.69) is 32.9 Å². The van der Waals surface area contributed by atoms with Crippen molar-refractivity contribution in [3.63, 3.8) is 0 Å². The van der Waals surface area contributed by atoms with Crippen LogP contribution < -0.4 is 0 Å². The normalized spacial score (nSPS) is 16.6. The minimum atomic E-state index is 0.131. The molecule has 2 nitrogen and oxygen atoms in total. The molecule has 2 heteroatoms. The third kappa shape index (κ3) is 2.49. The Kier molecular flexibility index (Phi) is 3.38. The van der Waals surface area contributed by atoms with E-state index in [0.29, 0.717) is 6.42 Å². The van der Waals surface area contributed by atoms with Gasteiger partial charge in [0.1, 0.15) is 0 Å². The van der Waals surface area contributed by atoms with Gasteiger partial charge in [-0.3, -0.25) is 4.79 Å². The third-order valence-corrected chi connectivity index (χ3v) is 3.89. The molecule has 0 bridgehead atoms. The standard InChI is InChI=1S/C19H18O2/c1-12-8-13(2)18(14(3)9-12)17-5-4-16(19(17)20)10-15-6-7-21-11-15/h5-11H,4H2,1-3H3. The van der Waals surface area contributed by atoms with Gasteiger partial charge in [0.25, 0.3) is 0 Å². The molecule has 1 aliphatic rings. The maximum Gasteiger partial charge on any atom is 0.189 e. The summed E-state index contributed by atoms with van der Waals surface area (Å²) in [6.07, 6.45) is 7.91. The fourth-order valence-electron chi connectivity index (χ4n) is 3.07. The van der Waals surface area contributed by atoms with Crippen LogP contribution in [0.25, 0.3) is 11.6 Å². The van der Waals surface area contributed by atoms with Crippen molar-refractivity contribution < 1.29 is 9.21 Å². The Morgan fingerprint density at radius 3 is 2.48 bits per heavy atom. The average molecular weight is 278 g/mol. The molecule has 1 aliphatic carbocycles. The molecule has 0 unspecified atom stereocenters. The molecular weight excluding hydrogens is 260 g/mol. The van der Waals surface area contributed by atoms with Crippen molar-refractivity contribution in [2.24, 2.45) is 0 Å². The molecule has 21 heavy (non-hydrogen) atoms. The van der Waals surface area contributed by atoms with E-state index in [1.807, 2.05) is 18.2 Å². The minimum absolute atomic E-state index is 0.131. The first kappa shape index (κ1) is 13.6. The molecule has 1 aromatic carbocycles. The van der Waals surface area contributed by atoms with E-state index in [0.717, 1.165) is 33.4 Å². The summed E-state index contributed by atoms with van der Waals surface area (Å²) in [5, 5.41) is 0. The van der Waals surface area contributed by atoms with E-state index in [9.17, 15) is 4.79 Å². The number of furan rings is 1. The molecule has 0 spiro atoms. The SMILES string of the molecule is Cc1cc(C)c(C2=CCC(=Cc3ccoc3)C2=O)c(C)c1. The topological polar surface area (TPSA) is 30.2 Å². The summed E-state index contributed by atoms with van der Waals surface area (Å²) in [5.74, 6) is 0.131. The molecule has 3 rings (SSSR count). The summed E-state index contributed by atoms with van der Waals surface area (Å²) in [5.41, 5.74) is 7.24. The Labute approximate surface area is 124 Å². The molecule has 0 N–H and O–H groups in total. The largest absolute Gasteiger partial charge is 0.472 e. The van der Waals surface area contributed by atoms with Gasteiger partial charge in [0, 0.05) is 16.7 Å². The van der Waals surface area contributed by atoms with Crippen molar-refractivity contribution in [1.29, 1.82) is 0 Å². The Balaban J connectivity index is 1.98. The molecule has 106 valence electrons. The molecule has 0 fully saturated rings. The number of carbonyl (C=O) groups excluding carboxylic acids is 1. The fourth-order valence-corrected chi connectivity index (χ4v) is 3.07. The third-order valence-electron chi connectivity index (χ3n) is 3.89. The number of benzene rings is 1. The van der Waals surface area contributed by atoms with Gasteiger partial charge in [-0.15, -0.1) is 0 Å². The zero-order chi connectivity index (χ0) is 15.0. The highest BCUT2D eigenvalue weighted by molar-refractivity contribution is 6.32. The van der Waals surface area contributed by atoms with Crippen LogP contribution in [0, 0.1) is 20.8 Å². The van der Waals surface area contributed by atoms with Crippen molar-refractivity contribution >= 4 is 17.4 Å². The predicted molar refractivity (Wildman–Crippen MR) is 84.9 cm³/mol. The molecule has 1 heterocycles. The summed E-state index contributed by atoms with van der Waals surface area (Å²) in [6, 6.07) is 6.13. The van der Waals surface area contributed by atoms with Crippen molar-refractivity contribution in [2.45, 2.75) is 27.2 Å². The van der Waals surface area contributed by atoms with Gasteiger partial charge in [0.05, 0.1) is 12.5 Å². The van der Waals surface area contributed by atoms with Gasteiger partial charge in [-0.25, -0.2) is 0 Å².